The molecule has 0 spiro atoms. The Morgan fingerprint density at radius 1 is 1.43 bits per heavy atom. The van der Waals surface area contributed by atoms with Gasteiger partial charge in [-0.1, -0.05) is 11.3 Å². The molecular weight excluding hydrogens is 292 g/mol. The number of imidazole rings is 1. The van der Waals surface area contributed by atoms with E-state index in [0.717, 1.165) is 36.2 Å². The van der Waals surface area contributed by atoms with E-state index in [-0.39, 0.29) is 11.9 Å². The average molecular weight is 310 g/mol. The van der Waals surface area contributed by atoms with Gasteiger partial charge in [-0.15, -0.1) is 5.10 Å². The minimum atomic E-state index is 0.0460. The number of aryl methyl sites for hydroxylation is 1. The lowest BCUT2D eigenvalue weighted by atomic mass is 10.1. The molecule has 3 heterocycles. The summed E-state index contributed by atoms with van der Waals surface area (Å²) in [6, 6.07) is 5.86. The Labute approximate surface area is 133 Å². The van der Waals surface area contributed by atoms with Crippen molar-refractivity contribution >= 4 is 16.9 Å². The van der Waals surface area contributed by atoms with Crippen molar-refractivity contribution in [3.05, 3.63) is 42.0 Å². The van der Waals surface area contributed by atoms with E-state index in [1.54, 1.807) is 10.9 Å². The van der Waals surface area contributed by atoms with Crippen molar-refractivity contribution in [1.82, 2.24) is 29.9 Å². The second kappa shape index (κ2) is 5.49. The number of benzene rings is 1. The van der Waals surface area contributed by atoms with Gasteiger partial charge in [-0.3, -0.25) is 9.48 Å². The molecule has 1 N–H and O–H groups in total. The van der Waals surface area contributed by atoms with Gasteiger partial charge in [0, 0.05) is 12.7 Å². The molecule has 0 aliphatic carbocycles. The van der Waals surface area contributed by atoms with E-state index >= 15 is 0 Å². The topological polar surface area (TPSA) is 79.7 Å². The van der Waals surface area contributed by atoms with Gasteiger partial charge in [0.1, 0.15) is 11.3 Å². The first-order valence-corrected chi connectivity index (χ1v) is 7.83. The molecule has 0 unspecified atom stereocenters. The van der Waals surface area contributed by atoms with E-state index in [9.17, 15) is 4.79 Å². The summed E-state index contributed by atoms with van der Waals surface area (Å²) < 4.78 is 1.79. The van der Waals surface area contributed by atoms with Crippen LogP contribution in [0, 0.1) is 6.92 Å². The summed E-state index contributed by atoms with van der Waals surface area (Å²) in [6.07, 6.45) is 5.49. The van der Waals surface area contributed by atoms with E-state index in [0.29, 0.717) is 12.1 Å². The van der Waals surface area contributed by atoms with Crippen molar-refractivity contribution in [2.24, 2.45) is 0 Å². The number of hydrogen-bond acceptors (Lipinski definition) is 4. The largest absolute Gasteiger partial charge is 0.342 e. The first-order chi connectivity index (χ1) is 11.2. The molecule has 23 heavy (non-hydrogen) atoms. The fourth-order valence-corrected chi connectivity index (χ4v) is 3.32. The molecular formula is C16H18N6O. The molecule has 1 aliphatic rings. The Bertz CT molecular complexity index is 838. The van der Waals surface area contributed by atoms with Crippen LogP contribution < -0.4 is 0 Å². The van der Waals surface area contributed by atoms with Crippen molar-refractivity contribution in [3.8, 4) is 0 Å². The smallest absolute Gasteiger partial charge is 0.256 e. The van der Waals surface area contributed by atoms with E-state index in [4.69, 9.17) is 0 Å². The van der Waals surface area contributed by atoms with Crippen molar-refractivity contribution < 1.29 is 4.79 Å². The van der Waals surface area contributed by atoms with Crippen molar-refractivity contribution in [2.75, 3.05) is 6.54 Å². The predicted octanol–water partition coefficient (Wildman–Crippen LogP) is 1.77. The van der Waals surface area contributed by atoms with E-state index in [1.807, 2.05) is 36.2 Å². The molecule has 118 valence electrons. The highest BCUT2D eigenvalue weighted by atomic mass is 16.2. The monoisotopic (exact) mass is 310 g/mol. The molecule has 1 aromatic carbocycles. The van der Waals surface area contributed by atoms with Gasteiger partial charge >= 0.3 is 0 Å². The van der Waals surface area contributed by atoms with E-state index in [1.165, 1.54) is 0 Å². The second-order valence-corrected chi connectivity index (χ2v) is 5.94. The zero-order valence-electron chi connectivity index (χ0n) is 12.9. The van der Waals surface area contributed by atoms with Crippen LogP contribution in [0.2, 0.25) is 0 Å². The molecule has 4 rings (SSSR count). The number of H-pyrrole nitrogens is 1. The molecule has 2 aromatic heterocycles. The summed E-state index contributed by atoms with van der Waals surface area (Å²) >= 11 is 0. The zero-order valence-corrected chi connectivity index (χ0v) is 12.9. The van der Waals surface area contributed by atoms with Crippen LogP contribution in [0.5, 0.6) is 0 Å². The van der Waals surface area contributed by atoms with Crippen molar-refractivity contribution in [3.63, 3.8) is 0 Å². The van der Waals surface area contributed by atoms with Gasteiger partial charge in [0.2, 0.25) is 0 Å². The van der Waals surface area contributed by atoms with Crippen LogP contribution >= 0.6 is 0 Å². The average Bonchev–Trinajstić information content (AvgIpc) is 3.26. The van der Waals surface area contributed by atoms with Gasteiger partial charge in [0.25, 0.3) is 5.91 Å². The Kier molecular flexibility index (Phi) is 3.33. The quantitative estimate of drug-likeness (QED) is 0.799. The number of para-hydroxylation sites is 1. The molecule has 1 fully saturated rings. The fraction of sp³-hybridized carbons (Fsp3) is 0.375. The molecule has 1 saturated heterocycles. The highest BCUT2D eigenvalue weighted by Gasteiger charge is 2.31. The van der Waals surface area contributed by atoms with Gasteiger partial charge in [-0.25, -0.2) is 4.98 Å². The minimum absolute atomic E-state index is 0.0460. The number of amides is 1. The maximum atomic E-state index is 13.0. The number of rotatable bonds is 3. The zero-order chi connectivity index (χ0) is 15.8. The Hall–Kier alpha value is -2.70. The fourth-order valence-electron chi connectivity index (χ4n) is 3.32. The number of carbonyl (C=O) groups is 1. The summed E-state index contributed by atoms with van der Waals surface area (Å²) in [5, 5.41) is 7.84. The molecule has 0 bridgehead atoms. The molecule has 7 heteroatoms. The van der Waals surface area contributed by atoms with Crippen LogP contribution in [0.25, 0.3) is 11.0 Å². The van der Waals surface area contributed by atoms with Gasteiger partial charge in [0.15, 0.2) is 0 Å². The normalized spacial score (nSPS) is 18.0. The number of carbonyl (C=O) groups excluding carboxylic acids is 1. The molecule has 0 saturated carbocycles. The highest BCUT2D eigenvalue weighted by molar-refractivity contribution is 6.05. The first-order valence-electron chi connectivity index (χ1n) is 7.83. The number of aromatic amines is 1. The maximum Gasteiger partial charge on any atom is 0.256 e. The van der Waals surface area contributed by atoms with E-state index in [2.05, 4.69) is 20.3 Å². The van der Waals surface area contributed by atoms with Crippen LogP contribution in [-0.4, -0.2) is 48.4 Å². The summed E-state index contributed by atoms with van der Waals surface area (Å²) in [5.41, 5.74) is 2.32. The Balaban J connectivity index is 1.64. The van der Waals surface area contributed by atoms with Gasteiger partial charge in [-0.05, 0) is 31.9 Å². The van der Waals surface area contributed by atoms with E-state index < -0.39 is 0 Å². The summed E-state index contributed by atoms with van der Waals surface area (Å²) in [6.45, 7) is 3.36. The molecule has 3 aromatic rings. The number of nitrogens with one attached hydrogen (secondary N) is 1. The lowest BCUT2D eigenvalue weighted by Gasteiger charge is -2.24. The Morgan fingerprint density at radius 3 is 3.17 bits per heavy atom. The minimum Gasteiger partial charge on any atom is -0.342 e. The van der Waals surface area contributed by atoms with Crippen LogP contribution in [0.1, 0.15) is 29.0 Å². The Morgan fingerprint density at radius 2 is 2.35 bits per heavy atom. The van der Waals surface area contributed by atoms with Crippen LogP contribution in [-0.2, 0) is 6.54 Å². The number of fused-ring (bicyclic) bond motifs is 1. The maximum absolute atomic E-state index is 13.0. The van der Waals surface area contributed by atoms with Crippen LogP contribution in [0.3, 0.4) is 0 Å². The van der Waals surface area contributed by atoms with Gasteiger partial charge in [-0.2, -0.15) is 0 Å². The first kappa shape index (κ1) is 13.9. The summed E-state index contributed by atoms with van der Waals surface area (Å²) in [4.78, 5) is 22.6. The lowest BCUT2D eigenvalue weighted by Crippen LogP contribution is -2.38. The second-order valence-electron chi connectivity index (χ2n) is 5.94. The third-order valence-corrected chi connectivity index (χ3v) is 4.37. The van der Waals surface area contributed by atoms with Crippen molar-refractivity contribution in [1.29, 1.82) is 0 Å². The van der Waals surface area contributed by atoms with Gasteiger partial charge < -0.3 is 9.88 Å². The number of aromatic nitrogens is 5. The molecule has 1 atom stereocenters. The SMILES string of the molecule is Cc1nc2c(C(=O)N3CCC[C@H]3Cn3ccnn3)cccc2[nH]1. The highest BCUT2D eigenvalue weighted by Crippen LogP contribution is 2.24. The molecule has 0 radical (unpaired) electrons. The molecule has 7 nitrogen and oxygen atoms in total. The number of hydrogen-bond donors (Lipinski definition) is 1. The van der Waals surface area contributed by atoms with Crippen LogP contribution in [0.4, 0.5) is 0 Å². The van der Waals surface area contributed by atoms with Crippen molar-refractivity contribution in [2.45, 2.75) is 32.4 Å². The third kappa shape index (κ3) is 2.48. The lowest BCUT2D eigenvalue weighted by molar-refractivity contribution is 0.0723. The van der Waals surface area contributed by atoms with Crippen LogP contribution in [0.15, 0.2) is 30.6 Å². The predicted molar refractivity (Wildman–Crippen MR) is 84.9 cm³/mol. The number of nitrogens with zero attached hydrogens (tertiary/aromatic N) is 5. The summed E-state index contributed by atoms with van der Waals surface area (Å²) in [5.74, 6) is 0.866. The third-order valence-electron chi connectivity index (χ3n) is 4.37. The molecule has 1 amide bonds. The standard InChI is InChI=1S/C16H18N6O/c1-11-18-14-6-2-5-13(15(14)19-11)16(23)22-8-3-4-12(22)10-21-9-7-17-20-21/h2,5-7,9,12H,3-4,8,10H2,1H3,(H,18,19)/t12-/m0/s1. The number of likely N-dealkylation sites (tertiary alicyclic amines) is 1. The summed E-state index contributed by atoms with van der Waals surface area (Å²) in [7, 11) is 0. The molecule has 1 aliphatic heterocycles. The van der Waals surface area contributed by atoms with Gasteiger partial charge in [0.05, 0.1) is 29.9 Å².